The summed E-state index contributed by atoms with van der Waals surface area (Å²) in [6, 6.07) is 0. The molecule has 0 aliphatic heterocycles. The van der Waals surface area contributed by atoms with Crippen molar-refractivity contribution in [1.29, 1.82) is 0 Å². The average molecular weight is 489 g/mol. The molecule has 5 nitrogen and oxygen atoms in total. The fourth-order valence-corrected chi connectivity index (χ4v) is 5.17. The van der Waals surface area contributed by atoms with Crippen LogP contribution in [0.1, 0.15) is 116 Å². The van der Waals surface area contributed by atoms with E-state index in [1.807, 2.05) is 27.2 Å². The molecule has 0 heterocycles. The Kier molecular flexibility index (Phi) is 18.6. The molecule has 1 atom stereocenters. The monoisotopic (exact) mass is 488 g/mol. The molecule has 196 valence electrons. The molecule has 0 aromatic rings. The van der Waals surface area contributed by atoms with E-state index in [1.54, 1.807) is 0 Å². The fourth-order valence-electron chi connectivity index (χ4n) is 4.14. The van der Waals surface area contributed by atoms with Gasteiger partial charge in [0.15, 0.2) is 0 Å². The van der Waals surface area contributed by atoms with Crippen LogP contribution in [-0.2, 0) is 4.57 Å². The highest BCUT2D eigenvalue weighted by molar-refractivity contribution is 7.53. The highest BCUT2D eigenvalue weighted by Crippen LogP contribution is 2.52. The molecule has 6 heteroatoms. The van der Waals surface area contributed by atoms with E-state index in [0.717, 1.165) is 12.8 Å². The summed E-state index contributed by atoms with van der Waals surface area (Å²) in [6.07, 6.45) is 28.6. The maximum atomic E-state index is 11.8. The number of likely N-dealkylation sites (N-methyl/N-ethyl adjacent to an activating group) is 1. The third-order valence-corrected chi connectivity index (χ3v) is 7.48. The van der Waals surface area contributed by atoms with Crippen LogP contribution in [0.5, 0.6) is 0 Å². The van der Waals surface area contributed by atoms with Crippen molar-refractivity contribution >= 4 is 7.60 Å². The lowest BCUT2D eigenvalue weighted by atomic mass is 10.1. The zero-order valence-electron chi connectivity index (χ0n) is 22.2. The molecule has 0 aromatic carbocycles. The maximum Gasteiger partial charge on any atom is 0.362 e. The largest absolute Gasteiger partial charge is 0.373 e. The third-order valence-electron chi connectivity index (χ3n) is 6.03. The van der Waals surface area contributed by atoms with Gasteiger partial charge in [-0.3, -0.25) is 4.57 Å². The predicted octanol–water partition coefficient (Wildman–Crippen LogP) is 7.32. The molecule has 0 aromatic heterocycles. The van der Waals surface area contributed by atoms with E-state index in [9.17, 15) is 19.5 Å². The summed E-state index contributed by atoms with van der Waals surface area (Å²) in [5, 5.41) is 8.56. The summed E-state index contributed by atoms with van der Waals surface area (Å²) in [7, 11) is 0.892. The van der Waals surface area contributed by atoms with Crippen LogP contribution in [0.25, 0.3) is 0 Å². The van der Waals surface area contributed by atoms with Crippen molar-refractivity contribution in [3.05, 3.63) is 24.3 Å². The molecule has 0 saturated heterocycles. The van der Waals surface area contributed by atoms with Gasteiger partial charge in [0.2, 0.25) is 5.34 Å². The van der Waals surface area contributed by atoms with Crippen molar-refractivity contribution in [2.45, 2.75) is 121 Å². The molecule has 0 spiro atoms. The van der Waals surface area contributed by atoms with Crippen molar-refractivity contribution in [3.63, 3.8) is 0 Å². The molecule has 0 aliphatic rings. The molecule has 0 amide bonds. The first kappa shape index (κ1) is 32.5. The number of unbranched alkanes of at least 4 members (excludes halogenated alkanes) is 13. The van der Waals surface area contributed by atoms with Gasteiger partial charge in [0, 0.05) is 0 Å². The van der Waals surface area contributed by atoms with Gasteiger partial charge in [-0.1, -0.05) is 89.0 Å². The Morgan fingerprint density at radius 1 is 0.667 bits per heavy atom. The summed E-state index contributed by atoms with van der Waals surface area (Å²) in [4.78, 5) is 19.2. The second kappa shape index (κ2) is 18.8. The minimum atomic E-state index is -4.58. The molecule has 0 bridgehead atoms. The van der Waals surface area contributed by atoms with Crippen molar-refractivity contribution in [1.82, 2.24) is 0 Å². The first-order chi connectivity index (χ1) is 15.5. The van der Waals surface area contributed by atoms with Crippen LogP contribution in [0.15, 0.2) is 24.3 Å². The molecule has 33 heavy (non-hydrogen) atoms. The second-order valence-corrected chi connectivity index (χ2v) is 12.6. The minimum absolute atomic E-state index is 0.0272. The molecule has 0 saturated carbocycles. The third kappa shape index (κ3) is 19.5. The molecular weight excluding hydrogens is 433 g/mol. The molecule has 0 rings (SSSR count). The van der Waals surface area contributed by atoms with Crippen LogP contribution in [0.4, 0.5) is 0 Å². The number of nitrogens with zero attached hydrogens (tertiary/aromatic N) is 1. The van der Waals surface area contributed by atoms with E-state index >= 15 is 0 Å². The van der Waals surface area contributed by atoms with Crippen LogP contribution in [-0.4, -0.2) is 52.4 Å². The van der Waals surface area contributed by atoms with Gasteiger partial charge in [0.05, 0.1) is 21.1 Å². The number of quaternary nitrogens is 1. The van der Waals surface area contributed by atoms with Gasteiger partial charge in [-0.15, -0.1) is 0 Å². The molecule has 3 N–H and O–H groups in total. The van der Waals surface area contributed by atoms with Gasteiger partial charge in [-0.05, 0) is 51.4 Å². The van der Waals surface area contributed by atoms with Gasteiger partial charge in [0.1, 0.15) is 6.54 Å². The van der Waals surface area contributed by atoms with Crippen molar-refractivity contribution in [3.8, 4) is 0 Å². The van der Waals surface area contributed by atoms with E-state index in [2.05, 4.69) is 25.2 Å². The van der Waals surface area contributed by atoms with Crippen LogP contribution in [0.2, 0.25) is 0 Å². The first-order valence-electron chi connectivity index (χ1n) is 13.4. The summed E-state index contributed by atoms with van der Waals surface area (Å²) >= 11 is 0. The number of aliphatic hydroxyl groups is 1. The lowest BCUT2D eigenvalue weighted by Gasteiger charge is -2.35. The Morgan fingerprint density at radius 3 is 1.39 bits per heavy atom. The van der Waals surface area contributed by atoms with Crippen LogP contribution in [0.3, 0.4) is 0 Å². The molecule has 0 aliphatic carbocycles. The smallest absolute Gasteiger partial charge is 0.362 e. The molecule has 0 fully saturated rings. The standard InChI is InChI=1S/C27H54NO4P/c1-5-6-7-8-9-10-11-12-13-14-15-16-17-18-19-20-21-22-23-24-25-27(29,33(30,31)32)26-28(2,3)4/h13-14,22-23,29H,5-12,15-21,24-26H2,1-4H3,(H-,30,31,32)/p+1/b14-13-,23-22-. The summed E-state index contributed by atoms with van der Waals surface area (Å²) in [6.45, 7) is 2.29. The average Bonchev–Trinajstić information content (AvgIpc) is 2.70. The van der Waals surface area contributed by atoms with Crippen LogP contribution in [0, 0.1) is 0 Å². The van der Waals surface area contributed by atoms with Crippen molar-refractivity contribution < 1.29 is 23.9 Å². The Morgan fingerprint density at radius 2 is 1.03 bits per heavy atom. The van der Waals surface area contributed by atoms with Gasteiger partial charge in [-0.25, -0.2) is 0 Å². The number of hydrogen-bond acceptors (Lipinski definition) is 2. The van der Waals surface area contributed by atoms with E-state index in [0.29, 0.717) is 10.9 Å². The Labute approximate surface area is 205 Å². The molecule has 0 radical (unpaired) electrons. The normalized spacial score (nSPS) is 15.0. The first-order valence-corrected chi connectivity index (χ1v) is 15.0. The highest BCUT2D eigenvalue weighted by Gasteiger charge is 2.48. The van der Waals surface area contributed by atoms with Gasteiger partial charge >= 0.3 is 7.60 Å². The Bertz CT molecular complexity index is 565. The number of allylic oxidation sites excluding steroid dienone is 4. The van der Waals surface area contributed by atoms with Gasteiger partial charge < -0.3 is 19.4 Å². The predicted molar refractivity (Wildman–Crippen MR) is 142 cm³/mol. The van der Waals surface area contributed by atoms with Crippen LogP contribution >= 0.6 is 7.60 Å². The quantitative estimate of drug-likeness (QED) is 0.0645. The van der Waals surface area contributed by atoms with E-state index in [-0.39, 0.29) is 13.0 Å². The van der Waals surface area contributed by atoms with Crippen molar-refractivity contribution in [2.75, 3.05) is 27.7 Å². The molecule has 1 unspecified atom stereocenters. The van der Waals surface area contributed by atoms with Gasteiger partial charge in [0.25, 0.3) is 0 Å². The summed E-state index contributed by atoms with van der Waals surface area (Å²) < 4.78 is 12.1. The SMILES string of the molecule is CCCCCCCCC/C=C\CCCCCCC/C=C\CCC(O)(C[N+](C)(C)C)P(=O)(O)O. The maximum absolute atomic E-state index is 11.8. The zero-order valence-corrected chi connectivity index (χ0v) is 23.1. The Hall–Kier alpha value is -0.450. The topological polar surface area (TPSA) is 77.8 Å². The van der Waals surface area contributed by atoms with Crippen LogP contribution < -0.4 is 0 Å². The van der Waals surface area contributed by atoms with Gasteiger partial charge in [-0.2, -0.15) is 0 Å². The fraction of sp³-hybridized carbons (Fsp3) is 0.852. The number of rotatable bonds is 22. The number of hydrogen-bond donors (Lipinski definition) is 3. The Balaban J connectivity index is 3.67. The zero-order chi connectivity index (χ0) is 25.1. The van der Waals surface area contributed by atoms with E-state index < -0.39 is 12.9 Å². The van der Waals surface area contributed by atoms with E-state index in [4.69, 9.17) is 0 Å². The summed E-state index contributed by atoms with van der Waals surface area (Å²) in [5.41, 5.74) is 0. The van der Waals surface area contributed by atoms with E-state index in [1.165, 1.54) is 83.5 Å². The lowest BCUT2D eigenvalue weighted by molar-refractivity contribution is -0.875. The minimum Gasteiger partial charge on any atom is -0.373 e. The summed E-state index contributed by atoms with van der Waals surface area (Å²) in [5.74, 6) is 0. The molecular formula is C27H55NO4P+. The lowest BCUT2D eigenvalue weighted by Crippen LogP contribution is -2.49. The second-order valence-electron chi connectivity index (χ2n) is 10.7. The van der Waals surface area contributed by atoms with Crippen molar-refractivity contribution in [2.24, 2.45) is 0 Å². The highest BCUT2D eigenvalue weighted by atomic mass is 31.2.